The van der Waals surface area contributed by atoms with Gasteiger partial charge in [0.15, 0.2) is 0 Å². The van der Waals surface area contributed by atoms with E-state index in [-0.39, 0.29) is 11.8 Å². The van der Waals surface area contributed by atoms with Crippen LogP contribution in [0.3, 0.4) is 0 Å². The van der Waals surface area contributed by atoms with Crippen molar-refractivity contribution in [2.24, 2.45) is 5.73 Å². The summed E-state index contributed by atoms with van der Waals surface area (Å²) in [4.78, 5) is 24.0. The summed E-state index contributed by atoms with van der Waals surface area (Å²) in [5, 5.41) is 5.54. The lowest BCUT2D eigenvalue weighted by molar-refractivity contribution is -0.116. The van der Waals surface area contributed by atoms with Gasteiger partial charge in [0, 0.05) is 23.4 Å². The van der Waals surface area contributed by atoms with Gasteiger partial charge in [0.05, 0.1) is 0 Å². The Morgan fingerprint density at radius 1 is 1.08 bits per heavy atom. The van der Waals surface area contributed by atoms with Crippen molar-refractivity contribution in [3.63, 3.8) is 0 Å². The Morgan fingerprint density at radius 2 is 1.79 bits per heavy atom. The molecule has 5 nitrogen and oxygen atoms in total. The van der Waals surface area contributed by atoms with Crippen molar-refractivity contribution in [3.05, 3.63) is 59.4 Å². The topological polar surface area (TPSA) is 84.2 Å². The minimum atomic E-state index is -0.398. The molecule has 126 valence electrons. The number of nitrogens with two attached hydrogens (primary N) is 1. The van der Waals surface area contributed by atoms with E-state index in [4.69, 9.17) is 5.73 Å². The van der Waals surface area contributed by atoms with Gasteiger partial charge in [-0.05, 0) is 61.9 Å². The average Bonchev–Trinajstić information content (AvgIpc) is 2.56. The third-order valence-electron chi connectivity index (χ3n) is 3.48. The van der Waals surface area contributed by atoms with Crippen LogP contribution >= 0.6 is 0 Å². The van der Waals surface area contributed by atoms with E-state index in [1.165, 1.54) is 24.3 Å². The molecule has 0 aromatic heterocycles. The van der Waals surface area contributed by atoms with Gasteiger partial charge in [-0.2, -0.15) is 0 Å². The van der Waals surface area contributed by atoms with Crippen molar-refractivity contribution in [2.45, 2.75) is 19.8 Å². The molecule has 0 spiro atoms. The Labute approximate surface area is 140 Å². The van der Waals surface area contributed by atoms with E-state index in [0.717, 1.165) is 5.56 Å². The number of aryl methyl sites for hydroxylation is 1. The number of carbonyl (C=O) groups is 2. The van der Waals surface area contributed by atoms with Gasteiger partial charge in [-0.3, -0.25) is 9.59 Å². The zero-order valence-corrected chi connectivity index (χ0v) is 13.4. The van der Waals surface area contributed by atoms with Crippen molar-refractivity contribution >= 4 is 23.2 Å². The van der Waals surface area contributed by atoms with Crippen LogP contribution < -0.4 is 16.4 Å². The highest BCUT2D eigenvalue weighted by atomic mass is 19.1. The molecule has 0 aliphatic heterocycles. The molecule has 0 saturated heterocycles. The summed E-state index contributed by atoms with van der Waals surface area (Å²) in [6.07, 6.45) is 0.966. The molecular weight excluding hydrogens is 309 g/mol. The fourth-order valence-corrected chi connectivity index (χ4v) is 2.12. The van der Waals surface area contributed by atoms with Gasteiger partial charge < -0.3 is 16.4 Å². The van der Waals surface area contributed by atoms with Crippen LogP contribution in [0.5, 0.6) is 0 Å². The fraction of sp³-hybridized carbons (Fsp3) is 0.222. The lowest BCUT2D eigenvalue weighted by Crippen LogP contribution is -2.15. The minimum Gasteiger partial charge on any atom is -0.330 e. The third-order valence-corrected chi connectivity index (χ3v) is 3.48. The number of hydrogen-bond donors (Lipinski definition) is 3. The number of nitrogens with one attached hydrogen (secondary N) is 2. The smallest absolute Gasteiger partial charge is 0.255 e. The maximum Gasteiger partial charge on any atom is 0.255 e. The molecule has 0 atom stereocenters. The molecule has 24 heavy (non-hydrogen) atoms. The predicted octanol–water partition coefficient (Wildman–Crippen LogP) is 3.06. The molecule has 6 heteroatoms. The molecule has 2 rings (SSSR count). The zero-order valence-electron chi connectivity index (χ0n) is 13.4. The Morgan fingerprint density at radius 3 is 2.46 bits per heavy atom. The summed E-state index contributed by atoms with van der Waals surface area (Å²) in [5.41, 5.74) is 7.77. The van der Waals surface area contributed by atoms with Crippen molar-refractivity contribution in [1.82, 2.24) is 0 Å². The molecule has 0 aliphatic rings. The van der Waals surface area contributed by atoms with Gasteiger partial charge >= 0.3 is 0 Å². The van der Waals surface area contributed by atoms with E-state index >= 15 is 0 Å². The first kappa shape index (κ1) is 17.6. The standard InChI is InChI=1S/C18H20FN3O2/c1-12-4-9-15(21-17(23)3-2-10-20)11-16(12)22-18(24)13-5-7-14(19)8-6-13/h4-9,11H,2-3,10,20H2,1H3,(H,21,23)(H,22,24). The van der Waals surface area contributed by atoms with E-state index in [0.29, 0.717) is 36.3 Å². The third kappa shape index (κ3) is 4.89. The predicted molar refractivity (Wildman–Crippen MR) is 92.5 cm³/mol. The van der Waals surface area contributed by atoms with Crippen molar-refractivity contribution < 1.29 is 14.0 Å². The van der Waals surface area contributed by atoms with Crippen LogP contribution in [-0.2, 0) is 4.79 Å². The van der Waals surface area contributed by atoms with E-state index in [1.54, 1.807) is 18.2 Å². The molecule has 0 saturated carbocycles. The lowest BCUT2D eigenvalue weighted by atomic mass is 10.1. The van der Waals surface area contributed by atoms with Gasteiger partial charge in [0.2, 0.25) is 5.91 Å². The van der Waals surface area contributed by atoms with Gasteiger partial charge in [0.1, 0.15) is 5.82 Å². The van der Waals surface area contributed by atoms with Gasteiger partial charge in [0.25, 0.3) is 5.91 Å². The normalized spacial score (nSPS) is 10.3. The number of hydrogen-bond acceptors (Lipinski definition) is 3. The molecule has 0 fully saturated rings. The van der Waals surface area contributed by atoms with Crippen LogP contribution in [0.4, 0.5) is 15.8 Å². The first-order chi connectivity index (χ1) is 11.5. The molecular formula is C18H20FN3O2. The Balaban J connectivity index is 2.09. The van der Waals surface area contributed by atoms with E-state index in [9.17, 15) is 14.0 Å². The second-order valence-corrected chi connectivity index (χ2v) is 5.43. The molecule has 0 heterocycles. The maximum atomic E-state index is 12.9. The van der Waals surface area contributed by atoms with Crippen LogP contribution in [0, 0.1) is 12.7 Å². The Bertz CT molecular complexity index is 730. The molecule has 4 N–H and O–H groups in total. The maximum absolute atomic E-state index is 12.9. The number of amides is 2. The number of rotatable bonds is 6. The summed E-state index contributed by atoms with van der Waals surface area (Å²) >= 11 is 0. The highest BCUT2D eigenvalue weighted by Crippen LogP contribution is 2.21. The molecule has 0 unspecified atom stereocenters. The first-order valence-corrected chi connectivity index (χ1v) is 7.67. The van der Waals surface area contributed by atoms with E-state index in [2.05, 4.69) is 10.6 Å². The average molecular weight is 329 g/mol. The Kier molecular flexibility index (Phi) is 6.03. The highest BCUT2D eigenvalue weighted by molar-refractivity contribution is 6.05. The summed E-state index contributed by atoms with van der Waals surface area (Å²) in [5.74, 6) is -0.866. The monoisotopic (exact) mass is 329 g/mol. The molecule has 0 radical (unpaired) electrons. The van der Waals surface area contributed by atoms with Gasteiger partial charge in [-0.25, -0.2) is 4.39 Å². The largest absolute Gasteiger partial charge is 0.330 e. The van der Waals surface area contributed by atoms with Gasteiger partial charge in [-0.15, -0.1) is 0 Å². The van der Waals surface area contributed by atoms with Crippen LogP contribution in [0.1, 0.15) is 28.8 Å². The number of benzene rings is 2. The van der Waals surface area contributed by atoms with Crippen molar-refractivity contribution in [1.29, 1.82) is 0 Å². The van der Waals surface area contributed by atoms with E-state index in [1.807, 2.05) is 6.92 Å². The van der Waals surface area contributed by atoms with Crippen LogP contribution in [0.15, 0.2) is 42.5 Å². The summed E-state index contributed by atoms with van der Waals surface area (Å²) in [6.45, 7) is 2.31. The summed E-state index contributed by atoms with van der Waals surface area (Å²) < 4.78 is 12.9. The highest BCUT2D eigenvalue weighted by Gasteiger charge is 2.09. The molecule has 0 bridgehead atoms. The van der Waals surface area contributed by atoms with Crippen molar-refractivity contribution in [2.75, 3.05) is 17.2 Å². The van der Waals surface area contributed by atoms with Crippen LogP contribution in [-0.4, -0.2) is 18.4 Å². The van der Waals surface area contributed by atoms with E-state index < -0.39 is 5.82 Å². The lowest BCUT2D eigenvalue weighted by Gasteiger charge is -2.12. The SMILES string of the molecule is Cc1ccc(NC(=O)CCCN)cc1NC(=O)c1ccc(F)cc1. The minimum absolute atomic E-state index is 0.125. The second kappa shape index (κ2) is 8.21. The van der Waals surface area contributed by atoms with Crippen molar-refractivity contribution in [3.8, 4) is 0 Å². The first-order valence-electron chi connectivity index (χ1n) is 7.67. The second-order valence-electron chi connectivity index (χ2n) is 5.43. The molecule has 0 aliphatic carbocycles. The Hall–Kier alpha value is -2.73. The molecule has 2 aromatic rings. The van der Waals surface area contributed by atoms with Gasteiger partial charge in [-0.1, -0.05) is 6.07 Å². The summed E-state index contributed by atoms with van der Waals surface area (Å²) in [7, 11) is 0. The number of halogens is 1. The van der Waals surface area contributed by atoms with Crippen LogP contribution in [0.2, 0.25) is 0 Å². The fourth-order valence-electron chi connectivity index (χ4n) is 2.12. The van der Waals surface area contributed by atoms with Crippen LogP contribution in [0.25, 0.3) is 0 Å². The molecule has 2 amide bonds. The summed E-state index contributed by atoms with van der Waals surface area (Å²) in [6, 6.07) is 10.6. The number of carbonyl (C=O) groups excluding carboxylic acids is 2. The zero-order chi connectivity index (χ0) is 17.5. The number of anilines is 2. The quantitative estimate of drug-likeness (QED) is 0.761. The molecule has 2 aromatic carbocycles.